The molecule has 0 aliphatic carbocycles. The molecule has 0 aliphatic rings. The Morgan fingerprint density at radius 3 is 1.70 bits per heavy atom. The first-order chi connectivity index (χ1) is 4.63. The van der Waals surface area contributed by atoms with Crippen LogP contribution in [0.3, 0.4) is 0 Å². The van der Waals surface area contributed by atoms with Gasteiger partial charge in [-0.15, -0.1) is 0 Å². The molecular weight excluding hydrogens is 134 g/mol. The van der Waals surface area contributed by atoms with E-state index in [4.69, 9.17) is 10.2 Å². The highest BCUT2D eigenvalue weighted by Crippen LogP contribution is 2.03. The van der Waals surface area contributed by atoms with Gasteiger partial charge in [-0.05, 0) is 14.1 Å². The van der Waals surface area contributed by atoms with E-state index in [0.717, 1.165) is 0 Å². The van der Waals surface area contributed by atoms with E-state index < -0.39 is 12.1 Å². The molecule has 0 aliphatic heterocycles. The molecule has 0 rings (SSSR count). The molecule has 62 valence electrons. The van der Waals surface area contributed by atoms with Gasteiger partial charge in [-0.25, -0.2) is 0 Å². The number of rotatable bonds is 4. The van der Waals surface area contributed by atoms with Crippen LogP contribution < -0.4 is 0 Å². The van der Waals surface area contributed by atoms with Gasteiger partial charge in [0.15, 0.2) is 0 Å². The van der Waals surface area contributed by atoms with Crippen LogP contribution in [0.4, 0.5) is 0 Å². The minimum absolute atomic E-state index is 0.199. The third-order valence-electron chi connectivity index (χ3n) is 1.42. The molecule has 0 amide bonds. The minimum Gasteiger partial charge on any atom is -0.396 e. The summed E-state index contributed by atoms with van der Waals surface area (Å²) in [7, 11) is 3.37. The summed E-state index contributed by atoms with van der Waals surface area (Å²) in [4.78, 5) is 1.54. The van der Waals surface area contributed by atoms with Crippen LogP contribution in [0.1, 0.15) is 0 Å². The van der Waals surface area contributed by atoms with Crippen LogP contribution in [0.5, 0.6) is 0 Å². The van der Waals surface area contributed by atoms with Gasteiger partial charge in [0.25, 0.3) is 0 Å². The lowest BCUT2D eigenvalue weighted by atomic mass is 10.1. The second kappa shape index (κ2) is 4.62. The van der Waals surface area contributed by atoms with Gasteiger partial charge in [0.1, 0.15) is 6.23 Å². The summed E-state index contributed by atoms with van der Waals surface area (Å²) in [6, 6.07) is 0. The zero-order valence-electron chi connectivity index (χ0n) is 6.36. The highest BCUT2D eigenvalue weighted by Gasteiger charge is 2.18. The molecule has 0 bridgehead atoms. The van der Waals surface area contributed by atoms with Crippen molar-refractivity contribution in [1.29, 1.82) is 0 Å². The van der Waals surface area contributed by atoms with Crippen molar-refractivity contribution < 1.29 is 15.3 Å². The van der Waals surface area contributed by atoms with Gasteiger partial charge in [-0.2, -0.15) is 0 Å². The first kappa shape index (κ1) is 9.84. The second-order valence-electron chi connectivity index (χ2n) is 2.50. The molecule has 0 heterocycles. The third kappa shape index (κ3) is 2.62. The molecule has 1 unspecified atom stereocenters. The topological polar surface area (TPSA) is 63.9 Å². The molecule has 0 fully saturated rings. The van der Waals surface area contributed by atoms with Crippen LogP contribution in [-0.2, 0) is 0 Å². The summed E-state index contributed by atoms with van der Waals surface area (Å²) in [5, 5.41) is 26.4. The number of aliphatic hydroxyl groups excluding tert-OH is 3. The molecule has 0 spiro atoms. The van der Waals surface area contributed by atoms with Gasteiger partial charge < -0.3 is 15.3 Å². The monoisotopic (exact) mass is 149 g/mol. The number of hydrogen-bond acceptors (Lipinski definition) is 4. The normalized spacial score (nSPS) is 14.7. The Kier molecular flexibility index (Phi) is 4.55. The lowest BCUT2D eigenvalue weighted by molar-refractivity contribution is -0.0482. The first-order valence-electron chi connectivity index (χ1n) is 3.19. The molecule has 4 nitrogen and oxygen atoms in total. The lowest BCUT2D eigenvalue weighted by Gasteiger charge is -2.24. The van der Waals surface area contributed by atoms with Gasteiger partial charge in [-0.1, -0.05) is 0 Å². The molecule has 1 atom stereocenters. The highest BCUT2D eigenvalue weighted by molar-refractivity contribution is 4.63. The van der Waals surface area contributed by atoms with E-state index in [9.17, 15) is 5.11 Å². The van der Waals surface area contributed by atoms with Crippen LogP contribution in [-0.4, -0.2) is 53.8 Å². The van der Waals surface area contributed by atoms with Crippen molar-refractivity contribution in [3.8, 4) is 0 Å². The third-order valence-corrected chi connectivity index (χ3v) is 1.42. The number of hydrogen-bond donors (Lipinski definition) is 3. The first-order valence-corrected chi connectivity index (χ1v) is 3.19. The summed E-state index contributed by atoms with van der Waals surface area (Å²) < 4.78 is 0. The summed E-state index contributed by atoms with van der Waals surface area (Å²) in [5.41, 5.74) is 0. The van der Waals surface area contributed by atoms with Crippen molar-refractivity contribution in [3.63, 3.8) is 0 Å². The predicted octanol–water partition coefficient (Wildman–Crippen LogP) is -1.53. The predicted molar refractivity (Wildman–Crippen MR) is 37.4 cm³/mol. The van der Waals surface area contributed by atoms with Crippen LogP contribution in [0.2, 0.25) is 0 Å². The van der Waals surface area contributed by atoms with Crippen LogP contribution in [0.25, 0.3) is 0 Å². The fourth-order valence-corrected chi connectivity index (χ4v) is 0.668. The van der Waals surface area contributed by atoms with E-state index in [1.54, 1.807) is 14.1 Å². The van der Waals surface area contributed by atoms with Gasteiger partial charge in [-0.3, -0.25) is 4.90 Å². The average molecular weight is 149 g/mol. The smallest absolute Gasteiger partial charge is 0.114 e. The maximum atomic E-state index is 9.19. The summed E-state index contributed by atoms with van der Waals surface area (Å²) >= 11 is 0. The fraction of sp³-hybridized carbons (Fsp3) is 1.00. The van der Waals surface area contributed by atoms with Gasteiger partial charge in [0, 0.05) is 5.92 Å². The minimum atomic E-state index is -0.769. The summed E-state index contributed by atoms with van der Waals surface area (Å²) in [6.45, 7) is -0.397. The maximum absolute atomic E-state index is 9.19. The Balaban J connectivity index is 3.76. The van der Waals surface area contributed by atoms with Gasteiger partial charge in [0.2, 0.25) is 0 Å². The molecule has 0 aromatic carbocycles. The Morgan fingerprint density at radius 2 is 1.60 bits per heavy atom. The van der Waals surface area contributed by atoms with Crippen molar-refractivity contribution in [2.75, 3.05) is 27.3 Å². The lowest BCUT2D eigenvalue weighted by Crippen LogP contribution is -2.38. The Morgan fingerprint density at radius 1 is 1.20 bits per heavy atom. The number of nitrogens with zero attached hydrogens (tertiary/aromatic N) is 1. The van der Waals surface area contributed by atoms with Gasteiger partial charge in [0.05, 0.1) is 13.2 Å². The SMILES string of the molecule is CN(C)C(O)C(CO)CO. The quantitative estimate of drug-likeness (QED) is 0.424. The van der Waals surface area contributed by atoms with E-state index in [-0.39, 0.29) is 13.2 Å². The molecule has 0 saturated carbocycles. The van der Waals surface area contributed by atoms with E-state index >= 15 is 0 Å². The zero-order chi connectivity index (χ0) is 8.15. The Bertz CT molecular complexity index is 83.1. The molecule has 0 aromatic rings. The standard InChI is InChI=1S/C6H15NO3/c1-7(2)6(10)5(3-8)4-9/h5-6,8-10H,3-4H2,1-2H3. The highest BCUT2D eigenvalue weighted by atomic mass is 16.3. The molecule has 0 radical (unpaired) electrons. The van der Waals surface area contributed by atoms with Gasteiger partial charge >= 0.3 is 0 Å². The largest absolute Gasteiger partial charge is 0.396 e. The van der Waals surface area contributed by atoms with Crippen LogP contribution in [0, 0.1) is 5.92 Å². The van der Waals surface area contributed by atoms with E-state index in [0.29, 0.717) is 0 Å². The molecule has 0 saturated heterocycles. The zero-order valence-corrected chi connectivity index (χ0v) is 6.36. The van der Waals surface area contributed by atoms with E-state index in [1.165, 1.54) is 4.90 Å². The molecule has 4 heteroatoms. The molecule has 3 N–H and O–H groups in total. The van der Waals surface area contributed by atoms with Crippen molar-refractivity contribution in [2.24, 2.45) is 5.92 Å². The molecular formula is C6H15NO3. The fourth-order valence-electron chi connectivity index (χ4n) is 0.668. The molecule has 10 heavy (non-hydrogen) atoms. The number of aliphatic hydroxyl groups is 3. The summed E-state index contributed by atoms with van der Waals surface area (Å²) in [6.07, 6.45) is -0.769. The maximum Gasteiger partial charge on any atom is 0.114 e. The van der Waals surface area contributed by atoms with Crippen LogP contribution >= 0.6 is 0 Å². The van der Waals surface area contributed by atoms with E-state index in [2.05, 4.69) is 0 Å². The Hall–Kier alpha value is -0.160. The van der Waals surface area contributed by atoms with Crippen molar-refractivity contribution in [3.05, 3.63) is 0 Å². The van der Waals surface area contributed by atoms with Crippen molar-refractivity contribution >= 4 is 0 Å². The second-order valence-corrected chi connectivity index (χ2v) is 2.50. The van der Waals surface area contributed by atoms with Crippen molar-refractivity contribution in [2.45, 2.75) is 6.23 Å². The molecule has 0 aromatic heterocycles. The Labute approximate surface area is 60.7 Å². The van der Waals surface area contributed by atoms with E-state index in [1.807, 2.05) is 0 Å². The van der Waals surface area contributed by atoms with Crippen molar-refractivity contribution in [1.82, 2.24) is 4.90 Å². The average Bonchev–Trinajstić information content (AvgIpc) is 1.90. The summed E-state index contributed by atoms with van der Waals surface area (Å²) in [5.74, 6) is -0.463. The van der Waals surface area contributed by atoms with Crippen LogP contribution in [0.15, 0.2) is 0 Å².